The van der Waals surface area contributed by atoms with Gasteiger partial charge in [-0.2, -0.15) is 0 Å². The predicted octanol–water partition coefficient (Wildman–Crippen LogP) is 2.40. The minimum atomic E-state index is 0. The van der Waals surface area contributed by atoms with E-state index in [1.165, 1.54) is 0 Å². The normalized spacial score (nSPS) is 11.7. The van der Waals surface area contributed by atoms with Gasteiger partial charge in [0.15, 0.2) is 0 Å². The molecule has 1 aromatic rings. The summed E-state index contributed by atoms with van der Waals surface area (Å²) in [5.74, 6) is 0.104. The zero-order chi connectivity index (χ0) is 11.3. The van der Waals surface area contributed by atoms with Crippen LogP contribution in [0.2, 0.25) is 0 Å². The Balaban J connectivity index is 0.00000225. The van der Waals surface area contributed by atoms with E-state index in [1.54, 1.807) is 11.3 Å². The first-order chi connectivity index (χ1) is 7.13. The lowest BCUT2D eigenvalue weighted by atomic mass is 10.1. The molecule has 0 saturated carbocycles. The molecule has 1 rings (SSSR count). The quantitative estimate of drug-likeness (QED) is 0.872. The highest BCUT2D eigenvalue weighted by Gasteiger charge is 2.11. The Morgan fingerprint density at radius 2 is 2.25 bits per heavy atom. The van der Waals surface area contributed by atoms with Crippen LogP contribution in [0.1, 0.15) is 11.8 Å². The van der Waals surface area contributed by atoms with Crippen molar-refractivity contribution < 1.29 is 4.79 Å². The predicted molar refractivity (Wildman–Crippen MR) is 74.2 cm³/mol. The lowest BCUT2D eigenvalue weighted by molar-refractivity contribution is -0.124. The summed E-state index contributed by atoms with van der Waals surface area (Å²) >= 11 is 5.03. The number of nitrogens with one attached hydrogen (secondary N) is 2. The molecule has 3 nitrogen and oxygen atoms in total. The summed E-state index contributed by atoms with van der Waals surface area (Å²) < 4.78 is 1.09. The molecule has 0 fully saturated rings. The van der Waals surface area contributed by atoms with Crippen LogP contribution in [-0.2, 0) is 11.3 Å². The van der Waals surface area contributed by atoms with Gasteiger partial charge in [-0.1, -0.05) is 6.92 Å². The minimum Gasteiger partial charge on any atom is -0.351 e. The summed E-state index contributed by atoms with van der Waals surface area (Å²) in [4.78, 5) is 12.7. The molecule has 1 aromatic heterocycles. The van der Waals surface area contributed by atoms with E-state index in [1.807, 2.05) is 26.1 Å². The topological polar surface area (TPSA) is 41.1 Å². The van der Waals surface area contributed by atoms with Gasteiger partial charge in [0.2, 0.25) is 5.91 Å². The van der Waals surface area contributed by atoms with Crippen LogP contribution in [0.4, 0.5) is 0 Å². The van der Waals surface area contributed by atoms with Crippen LogP contribution < -0.4 is 10.6 Å². The van der Waals surface area contributed by atoms with Crippen molar-refractivity contribution in [2.24, 2.45) is 5.92 Å². The number of thiophene rings is 1. The lowest BCUT2D eigenvalue weighted by Gasteiger charge is -2.10. The SMILES string of the molecule is CNCC(C)C(=O)NCc1ccc(Br)s1.Cl. The second-order valence-corrected chi connectivity index (χ2v) is 5.93. The zero-order valence-corrected chi connectivity index (χ0v) is 12.5. The zero-order valence-electron chi connectivity index (χ0n) is 9.25. The Bertz CT molecular complexity index is 332. The van der Waals surface area contributed by atoms with Gasteiger partial charge in [-0.3, -0.25) is 4.79 Å². The minimum absolute atomic E-state index is 0. The van der Waals surface area contributed by atoms with E-state index in [0.717, 1.165) is 8.66 Å². The molecule has 1 heterocycles. The Labute approximate surface area is 115 Å². The maximum atomic E-state index is 11.6. The second-order valence-electron chi connectivity index (χ2n) is 3.38. The van der Waals surface area contributed by atoms with Gasteiger partial charge in [-0.25, -0.2) is 0 Å². The standard InChI is InChI=1S/C10H15BrN2OS.ClH/c1-7(5-12-2)10(14)13-6-8-3-4-9(11)15-8;/h3-4,7,12H,5-6H2,1-2H3,(H,13,14);1H. The number of carbonyl (C=O) groups excluding carboxylic acids is 1. The molecule has 0 aliphatic carbocycles. The molecular formula is C10H16BrClN2OS. The van der Waals surface area contributed by atoms with Crippen LogP contribution in [0.25, 0.3) is 0 Å². The van der Waals surface area contributed by atoms with E-state index in [0.29, 0.717) is 13.1 Å². The largest absolute Gasteiger partial charge is 0.351 e. The summed E-state index contributed by atoms with van der Waals surface area (Å²) in [6, 6.07) is 4.00. The van der Waals surface area contributed by atoms with Gasteiger partial charge in [0, 0.05) is 17.3 Å². The van der Waals surface area contributed by atoms with E-state index in [2.05, 4.69) is 26.6 Å². The summed E-state index contributed by atoms with van der Waals surface area (Å²) in [6.45, 7) is 3.24. The number of halogens is 2. The van der Waals surface area contributed by atoms with Crippen LogP contribution in [-0.4, -0.2) is 19.5 Å². The van der Waals surface area contributed by atoms with Gasteiger partial charge in [0.25, 0.3) is 0 Å². The van der Waals surface area contributed by atoms with Crippen molar-refractivity contribution in [1.82, 2.24) is 10.6 Å². The van der Waals surface area contributed by atoms with E-state index in [4.69, 9.17) is 0 Å². The molecule has 1 amide bonds. The molecule has 0 radical (unpaired) electrons. The maximum Gasteiger partial charge on any atom is 0.224 e. The first kappa shape index (κ1) is 15.9. The van der Waals surface area contributed by atoms with Crippen molar-refractivity contribution in [1.29, 1.82) is 0 Å². The molecule has 6 heteroatoms. The Kier molecular flexibility index (Phi) is 8.01. The van der Waals surface area contributed by atoms with Gasteiger partial charge >= 0.3 is 0 Å². The molecule has 1 atom stereocenters. The van der Waals surface area contributed by atoms with E-state index >= 15 is 0 Å². The Morgan fingerprint density at radius 3 is 2.75 bits per heavy atom. The molecule has 16 heavy (non-hydrogen) atoms. The molecular weight excluding hydrogens is 312 g/mol. The van der Waals surface area contributed by atoms with Crippen LogP contribution in [0.3, 0.4) is 0 Å². The summed E-state index contributed by atoms with van der Waals surface area (Å²) in [7, 11) is 1.85. The van der Waals surface area contributed by atoms with Gasteiger partial charge in [-0.05, 0) is 35.1 Å². The average Bonchev–Trinajstić information content (AvgIpc) is 2.61. The van der Waals surface area contributed by atoms with Crippen molar-refractivity contribution in [3.8, 4) is 0 Å². The third-order valence-corrected chi connectivity index (χ3v) is 3.65. The van der Waals surface area contributed by atoms with Gasteiger partial charge in [0.05, 0.1) is 10.3 Å². The van der Waals surface area contributed by atoms with E-state index < -0.39 is 0 Å². The summed E-state index contributed by atoms with van der Waals surface area (Å²) in [6.07, 6.45) is 0. The van der Waals surface area contributed by atoms with Crippen molar-refractivity contribution in [2.75, 3.05) is 13.6 Å². The molecule has 0 aromatic carbocycles. The maximum absolute atomic E-state index is 11.6. The number of amides is 1. The number of carbonyl (C=O) groups is 1. The first-order valence-corrected chi connectivity index (χ1v) is 6.41. The Hall–Kier alpha value is -0.100. The van der Waals surface area contributed by atoms with Crippen LogP contribution in [0.15, 0.2) is 15.9 Å². The second kappa shape index (κ2) is 8.06. The van der Waals surface area contributed by atoms with E-state index in [9.17, 15) is 4.79 Å². The molecule has 0 bridgehead atoms. The lowest BCUT2D eigenvalue weighted by Crippen LogP contribution is -2.33. The molecule has 0 aliphatic rings. The van der Waals surface area contributed by atoms with Crippen molar-refractivity contribution >= 4 is 45.6 Å². The monoisotopic (exact) mass is 326 g/mol. The molecule has 0 spiro atoms. The fourth-order valence-corrected chi connectivity index (χ4v) is 2.62. The van der Waals surface area contributed by atoms with Crippen LogP contribution in [0, 0.1) is 5.92 Å². The van der Waals surface area contributed by atoms with Gasteiger partial charge in [-0.15, -0.1) is 23.7 Å². The fraction of sp³-hybridized carbons (Fsp3) is 0.500. The highest BCUT2D eigenvalue weighted by molar-refractivity contribution is 9.11. The van der Waals surface area contributed by atoms with Gasteiger partial charge in [0.1, 0.15) is 0 Å². The highest BCUT2D eigenvalue weighted by Crippen LogP contribution is 2.21. The Morgan fingerprint density at radius 1 is 1.56 bits per heavy atom. The van der Waals surface area contributed by atoms with Crippen LogP contribution >= 0.6 is 39.7 Å². The number of hydrogen-bond acceptors (Lipinski definition) is 3. The molecule has 0 aliphatic heterocycles. The number of rotatable bonds is 5. The third-order valence-electron chi connectivity index (χ3n) is 2.02. The number of hydrogen-bond donors (Lipinski definition) is 2. The first-order valence-electron chi connectivity index (χ1n) is 4.80. The van der Waals surface area contributed by atoms with E-state index in [-0.39, 0.29) is 24.2 Å². The van der Waals surface area contributed by atoms with Crippen LogP contribution in [0.5, 0.6) is 0 Å². The smallest absolute Gasteiger partial charge is 0.224 e. The molecule has 92 valence electrons. The highest BCUT2D eigenvalue weighted by atomic mass is 79.9. The van der Waals surface area contributed by atoms with Crippen molar-refractivity contribution in [2.45, 2.75) is 13.5 Å². The fourth-order valence-electron chi connectivity index (χ4n) is 1.19. The molecule has 0 saturated heterocycles. The van der Waals surface area contributed by atoms with Crippen molar-refractivity contribution in [3.63, 3.8) is 0 Å². The average molecular weight is 328 g/mol. The summed E-state index contributed by atoms with van der Waals surface area (Å²) in [5, 5.41) is 5.89. The van der Waals surface area contributed by atoms with Crippen molar-refractivity contribution in [3.05, 3.63) is 20.8 Å². The third kappa shape index (κ3) is 5.30. The van der Waals surface area contributed by atoms with Gasteiger partial charge < -0.3 is 10.6 Å². The molecule has 2 N–H and O–H groups in total. The molecule has 1 unspecified atom stereocenters. The summed E-state index contributed by atoms with van der Waals surface area (Å²) in [5.41, 5.74) is 0.